The summed E-state index contributed by atoms with van der Waals surface area (Å²) in [6, 6.07) is 11.5. The van der Waals surface area contributed by atoms with Crippen LogP contribution < -0.4 is 11.1 Å². The lowest BCUT2D eigenvalue weighted by Crippen LogP contribution is -2.17. The lowest BCUT2D eigenvalue weighted by Gasteiger charge is -2.06. The van der Waals surface area contributed by atoms with E-state index in [0.717, 1.165) is 11.3 Å². The van der Waals surface area contributed by atoms with Crippen molar-refractivity contribution >= 4 is 28.4 Å². The predicted molar refractivity (Wildman–Crippen MR) is 96.2 cm³/mol. The summed E-state index contributed by atoms with van der Waals surface area (Å²) in [5.74, 6) is -0.744. The van der Waals surface area contributed by atoms with Crippen LogP contribution in [0.4, 0.5) is 11.4 Å². The maximum Gasteiger partial charge on any atom is 0.419 e. The molecule has 8 nitrogen and oxygen atoms in total. The molecule has 8 heteroatoms. The van der Waals surface area contributed by atoms with Gasteiger partial charge in [0, 0.05) is 24.7 Å². The molecule has 0 saturated heterocycles. The number of nitro benzene ring substituents is 1. The third-order valence-corrected chi connectivity index (χ3v) is 3.95. The molecule has 0 bridgehead atoms. The molecule has 1 aromatic heterocycles. The number of benzene rings is 2. The number of fused-ring (bicyclic) bond motifs is 1. The van der Waals surface area contributed by atoms with Crippen LogP contribution in [0.3, 0.4) is 0 Å². The molecule has 0 atom stereocenters. The second-order valence-corrected chi connectivity index (χ2v) is 5.95. The fraction of sp³-hybridized carbons (Fsp3) is 0.222. The molecule has 1 N–H and O–H groups in total. The first-order chi connectivity index (χ1) is 12.4. The number of aryl methyl sites for hydroxylation is 2. The second kappa shape index (κ2) is 7.22. The van der Waals surface area contributed by atoms with Crippen LogP contribution in [0.1, 0.15) is 18.4 Å². The number of amides is 1. The number of nitro groups is 1. The average molecular weight is 355 g/mol. The molecule has 3 aromatic rings. The van der Waals surface area contributed by atoms with Gasteiger partial charge in [-0.3, -0.25) is 19.5 Å². The van der Waals surface area contributed by atoms with E-state index in [0.29, 0.717) is 11.9 Å². The normalized spacial score (nSPS) is 10.8. The SMILES string of the molecule is Cc1cccc(NC(=O)CCCn2c(=O)oc3cc([N+](=O)[O-])ccc32)c1. The van der Waals surface area contributed by atoms with Crippen LogP contribution in [0.2, 0.25) is 0 Å². The number of carbonyl (C=O) groups is 1. The number of nitrogens with one attached hydrogen (secondary N) is 1. The molecule has 0 radical (unpaired) electrons. The molecule has 0 aliphatic rings. The van der Waals surface area contributed by atoms with Crippen LogP contribution in [-0.4, -0.2) is 15.4 Å². The van der Waals surface area contributed by atoms with Gasteiger partial charge in [0.05, 0.1) is 16.5 Å². The summed E-state index contributed by atoms with van der Waals surface area (Å²) in [5, 5.41) is 13.6. The molecule has 0 aliphatic heterocycles. The average Bonchev–Trinajstić information content (AvgIpc) is 2.89. The largest absolute Gasteiger partial charge is 0.419 e. The van der Waals surface area contributed by atoms with Crippen LogP contribution in [-0.2, 0) is 11.3 Å². The van der Waals surface area contributed by atoms with Crippen molar-refractivity contribution in [1.82, 2.24) is 4.57 Å². The zero-order valence-electron chi connectivity index (χ0n) is 14.1. The van der Waals surface area contributed by atoms with E-state index in [1.165, 1.54) is 22.8 Å². The van der Waals surface area contributed by atoms with Gasteiger partial charge in [0.15, 0.2) is 5.58 Å². The van der Waals surface area contributed by atoms with E-state index < -0.39 is 10.7 Å². The quantitative estimate of drug-likeness (QED) is 0.539. The van der Waals surface area contributed by atoms with Gasteiger partial charge < -0.3 is 9.73 Å². The Kier molecular flexibility index (Phi) is 4.83. The van der Waals surface area contributed by atoms with Crippen molar-refractivity contribution in [3.63, 3.8) is 0 Å². The van der Waals surface area contributed by atoms with Crippen molar-refractivity contribution < 1.29 is 14.1 Å². The van der Waals surface area contributed by atoms with E-state index >= 15 is 0 Å². The van der Waals surface area contributed by atoms with Gasteiger partial charge in [0.1, 0.15) is 0 Å². The van der Waals surface area contributed by atoms with Crippen molar-refractivity contribution in [2.75, 3.05) is 5.32 Å². The Morgan fingerprint density at radius 2 is 2.08 bits per heavy atom. The number of anilines is 1. The minimum atomic E-state index is -0.598. The van der Waals surface area contributed by atoms with E-state index in [4.69, 9.17) is 4.42 Å². The van der Waals surface area contributed by atoms with Crippen LogP contribution in [0.15, 0.2) is 51.7 Å². The van der Waals surface area contributed by atoms with Crippen molar-refractivity contribution in [2.45, 2.75) is 26.3 Å². The topological polar surface area (TPSA) is 107 Å². The number of non-ortho nitro benzene ring substituents is 1. The molecule has 0 saturated carbocycles. The first-order valence-electron chi connectivity index (χ1n) is 8.08. The van der Waals surface area contributed by atoms with E-state index in [1.54, 1.807) is 0 Å². The number of hydrogen-bond donors (Lipinski definition) is 1. The number of rotatable bonds is 6. The smallest absolute Gasteiger partial charge is 0.407 e. The van der Waals surface area contributed by atoms with Gasteiger partial charge in [-0.1, -0.05) is 12.1 Å². The Labute approximate surface area is 148 Å². The molecule has 0 unspecified atom stereocenters. The monoisotopic (exact) mass is 355 g/mol. The van der Waals surface area contributed by atoms with Crippen molar-refractivity contribution in [2.24, 2.45) is 0 Å². The lowest BCUT2D eigenvalue weighted by molar-refractivity contribution is -0.384. The van der Waals surface area contributed by atoms with Crippen molar-refractivity contribution in [3.8, 4) is 0 Å². The summed E-state index contributed by atoms with van der Waals surface area (Å²) >= 11 is 0. The maximum absolute atomic E-state index is 12.0. The Morgan fingerprint density at radius 1 is 1.27 bits per heavy atom. The summed E-state index contributed by atoms with van der Waals surface area (Å²) in [5.41, 5.74) is 2.27. The van der Waals surface area contributed by atoms with Crippen LogP contribution in [0.25, 0.3) is 11.1 Å². The predicted octanol–water partition coefficient (Wildman–Crippen LogP) is 3.23. The number of hydrogen-bond acceptors (Lipinski definition) is 5. The molecule has 1 heterocycles. The summed E-state index contributed by atoms with van der Waals surface area (Å²) in [4.78, 5) is 34.2. The van der Waals surface area contributed by atoms with Gasteiger partial charge in [0.25, 0.3) is 5.69 Å². The highest BCUT2D eigenvalue weighted by molar-refractivity contribution is 5.90. The summed E-state index contributed by atoms with van der Waals surface area (Å²) < 4.78 is 6.43. The zero-order chi connectivity index (χ0) is 18.7. The van der Waals surface area contributed by atoms with Gasteiger partial charge >= 0.3 is 5.76 Å². The van der Waals surface area contributed by atoms with Crippen molar-refractivity contribution in [3.05, 3.63) is 68.7 Å². The fourth-order valence-corrected chi connectivity index (χ4v) is 2.72. The number of aromatic nitrogens is 1. The van der Waals surface area contributed by atoms with Gasteiger partial charge in [0.2, 0.25) is 5.91 Å². The second-order valence-electron chi connectivity index (χ2n) is 5.95. The van der Waals surface area contributed by atoms with E-state index in [9.17, 15) is 19.7 Å². The highest BCUT2D eigenvalue weighted by Crippen LogP contribution is 2.20. The molecule has 0 aliphatic carbocycles. The number of nitrogens with zero attached hydrogens (tertiary/aromatic N) is 2. The number of oxazole rings is 1. The van der Waals surface area contributed by atoms with Gasteiger partial charge in [-0.05, 0) is 37.1 Å². The summed E-state index contributed by atoms with van der Waals surface area (Å²) in [6.07, 6.45) is 0.670. The van der Waals surface area contributed by atoms with Gasteiger partial charge in [-0.2, -0.15) is 0 Å². The molecule has 2 aromatic carbocycles. The van der Waals surface area contributed by atoms with Gasteiger partial charge in [-0.15, -0.1) is 0 Å². The highest BCUT2D eigenvalue weighted by atomic mass is 16.6. The Balaban J connectivity index is 1.64. The van der Waals surface area contributed by atoms with E-state index in [2.05, 4.69) is 5.32 Å². The Morgan fingerprint density at radius 3 is 2.81 bits per heavy atom. The van der Waals surface area contributed by atoms with Gasteiger partial charge in [-0.25, -0.2) is 4.79 Å². The Hall–Kier alpha value is -3.42. The molecule has 0 spiro atoms. The highest BCUT2D eigenvalue weighted by Gasteiger charge is 2.14. The van der Waals surface area contributed by atoms with E-state index in [1.807, 2.05) is 31.2 Å². The minimum absolute atomic E-state index is 0.143. The van der Waals surface area contributed by atoms with Crippen LogP contribution in [0, 0.1) is 17.0 Å². The summed E-state index contributed by atoms with van der Waals surface area (Å²) in [6.45, 7) is 2.22. The van der Waals surface area contributed by atoms with Crippen molar-refractivity contribution in [1.29, 1.82) is 0 Å². The van der Waals surface area contributed by atoms with Crippen LogP contribution in [0.5, 0.6) is 0 Å². The zero-order valence-corrected chi connectivity index (χ0v) is 14.1. The number of carbonyl (C=O) groups excluding carboxylic acids is 1. The molecule has 3 rings (SSSR count). The first-order valence-corrected chi connectivity index (χ1v) is 8.08. The third-order valence-electron chi connectivity index (χ3n) is 3.95. The molecule has 1 amide bonds. The maximum atomic E-state index is 12.0. The lowest BCUT2D eigenvalue weighted by atomic mass is 10.2. The molecule has 134 valence electrons. The molecule has 0 fully saturated rings. The third kappa shape index (κ3) is 3.80. The Bertz CT molecular complexity index is 1030. The fourth-order valence-electron chi connectivity index (χ4n) is 2.72. The van der Waals surface area contributed by atoms with E-state index in [-0.39, 0.29) is 30.1 Å². The molecular formula is C18H17N3O5. The molecular weight excluding hydrogens is 338 g/mol. The first kappa shape index (κ1) is 17.4. The molecule has 26 heavy (non-hydrogen) atoms. The minimum Gasteiger partial charge on any atom is -0.407 e. The standard InChI is InChI=1S/C18H17N3O5/c1-12-4-2-5-13(10-12)19-17(22)6-3-9-20-15-8-7-14(21(24)25)11-16(15)26-18(20)23/h2,4-5,7-8,10-11H,3,6,9H2,1H3,(H,19,22). The summed E-state index contributed by atoms with van der Waals surface area (Å²) in [7, 11) is 0. The van der Waals surface area contributed by atoms with Crippen LogP contribution >= 0.6 is 0 Å².